The van der Waals surface area contributed by atoms with E-state index in [1.807, 2.05) is 0 Å². The average Bonchev–Trinajstić information content (AvgIpc) is 2.38. The van der Waals surface area contributed by atoms with Crippen LogP contribution in [0.5, 0.6) is 0 Å². The molecule has 1 heterocycles. The molecule has 21 heavy (non-hydrogen) atoms. The molecule has 1 saturated heterocycles. The summed E-state index contributed by atoms with van der Waals surface area (Å²) < 4.78 is 27.2. The fraction of sp³-hybridized carbons (Fsp3) is 1.00. The van der Waals surface area contributed by atoms with Gasteiger partial charge in [0.25, 0.3) is 0 Å². The van der Waals surface area contributed by atoms with Gasteiger partial charge in [0.05, 0.1) is 5.75 Å². The van der Waals surface area contributed by atoms with Gasteiger partial charge in [-0.25, -0.2) is 12.7 Å². The highest BCUT2D eigenvalue weighted by molar-refractivity contribution is 7.89. The van der Waals surface area contributed by atoms with E-state index in [2.05, 4.69) is 33.0 Å². The minimum atomic E-state index is -3.12. The van der Waals surface area contributed by atoms with Gasteiger partial charge in [-0.05, 0) is 56.5 Å². The highest BCUT2D eigenvalue weighted by atomic mass is 32.2. The fourth-order valence-corrected chi connectivity index (χ4v) is 4.52. The number of rotatable bonds is 9. The lowest BCUT2D eigenvalue weighted by atomic mass is 10.0. The summed E-state index contributed by atoms with van der Waals surface area (Å²) in [5.41, 5.74) is 0. The number of nitrogens with one attached hydrogen (secondary N) is 1. The molecule has 1 atom stereocenters. The zero-order valence-electron chi connectivity index (χ0n) is 14.3. The molecule has 0 amide bonds. The van der Waals surface area contributed by atoms with Crippen molar-refractivity contribution in [2.45, 2.75) is 53.4 Å². The minimum absolute atomic E-state index is 0.282. The molecule has 0 aromatic carbocycles. The summed E-state index contributed by atoms with van der Waals surface area (Å²) in [5, 5.41) is 3.31. The summed E-state index contributed by atoms with van der Waals surface area (Å²) in [6.07, 6.45) is 4.02. The lowest BCUT2D eigenvalue weighted by molar-refractivity contribution is 0.345. The fourth-order valence-electron chi connectivity index (χ4n) is 2.66. The van der Waals surface area contributed by atoms with Crippen molar-refractivity contribution >= 4 is 10.0 Å². The third kappa shape index (κ3) is 7.61. The maximum atomic E-state index is 12.7. The van der Waals surface area contributed by atoms with Gasteiger partial charge in [0, 0.05) is 13.1 Å². The van der Waals surface area contributed by atoms with Gasteiger partial charge >= 0.3 is 0 Å². The molecule has 1 aliphatic heterocycles. The quantitative estimate of drug-likeness (QED) is 0.711. The van der Waals surface area contributed by atoms with Gasteiger partial charge < -0.3 is 5.32 Å². The first-order chi connectivity index (χ1) is 9.81. The van der Waals surface area contributed by atoms with E-state index < -0.39 is 10.0 Å². The summed E-state index contributed by atoms with van der Waals surface area (Å²) in [5.74, 6) is 1.68. The molecule has 5 heteroatoms. The van der Waals surface area contributed by atoms with E-state index in [1.54, 1.807) is 4.31 Å². The van der Waals surface area contributed by atoms with E-state index in [0.29, 0.717) is 30.7 Å². The Morgan fingerprint density at radius 2 is 1.67 bits per heavy atom. The highest BCUT2D eigenvalue weighted by Crippen LogP contribution is 2.17. The summed E-state index contributed by atoms with van der Waals surface area (Å²) in [6.45, 7) is 11.8. The summed E-state index contributed by atoms with van der Waals surface area (Å²) in [7, 11) is -3.12. The number of nitrogens with zero attached hydrogens (tertiary/aromatic N) is 1. The second-order valence-corrected chi connectivity index (χ2v) is 9.27. The molecule has 1 fully saturated rings. The van der Waals surface area contributed by atoms with Crippen molar-refractivity contribution in [3.05, 3.63) is 0 Å². The predicted octanol–water partition coefficient (Wildman–Crippen LogP) is 2.71. The van der Waals surface area contributed by atoms with E-state index in [4.69, 9.17) is 0 Å². The molecule has 1 aliphatic rings. The number of hydrogen-bond donors (Lipinski definition) is 1. The Kier molecular flexibility index (Phi) is 8.21. The molecule has 0 saturated carbocycles. The Bertz CT molecular complexity index is 362. The summed E-state index contributed by atoms with van der Waals surface area (Å²) in [4.78, 5) is 0. The van der Waals surface area contributed by atoms with Gasteiger partial charge in [-0.2, -0.15) is 0 Å². The smallest absolute Gasteiger partial charge is 0.214 e. The van der Waals surface area contributed by atoms with E-state index in [9.17, 15) is 8.42 Å². The Labute approximate surface area is 131 Å². The van der Waals surface area contributed by atoms with Crippen LogP contribution in [0.15, 0.2) is 0 Å². The van der Waals surface area contributed by atoms with Crippen LogP contribution in [0.4, 0.5) is 0 Å². The topological polar surface area (TPSA) is 49.4 Å². The van der Waals surface area contributed by atoms with Crippen LogP contribution in [0.3, 0.4) is 0 Å². The van der Waals surface area contributed by atoms with Gasteiger partial charge in [-0.1, -0.05) is 27.7 Å². The van der Waals surface area contributed by atoms with Crippen LogP contribution in [0.1, 0.15) is 53.4 Å². The molecule has 4 nitrogen and oxygen atoms in total. The van der Waals surface area contributed by atoms with Gasteiger partial charge in [0.15, 0.2) is 0 Å². The standard InChI is InChI=1S/C16H34N2O2S/c1-14(2)7-10-18(11-8-15(3)4)21(19,20)13-16-6-5-9-17-12-16/h14-17H,5-13H2,1-4H3. The monoisotopic (exact) mass is 318 g/mol. The predicted molar refractivity (Wildman–Crippen MR) is 89.9 cm³/mol. The Hall–Kier alpha value is -0.130. The van der Waals surface area contributed by atoms with Gasteiger partial charge in [-0.15, -0.1) is 0 Å². The molecule has 0 aliphatic carbocycles. The van der Waals surface area contributed by atoms with E-state index in [0.717, 1.165) is 38.8 Å². The van der Waals surface area contributed by atoms with Crippen LogP contribution >= 0.6 is 0 Å². The van der Waals surface area contributed by atoms with E-state index in [1.165, 1.54) is 0 Å². The van der Waals surface area contributed by atoms with Crippen LogP contribution in [0.25, 0.3) is 0 Å². The largest absolute Gasteiger partial charge is 0.316 e. The second kappa shape index (κ2) is 9.11. The van der Waals surface area contributed by atoms with Crippen LogP contribution in [-0.2, 0) is 10.0 Å². The zero-order valence-corrected chi connectivity index (χ0v) is 15.1. The molecule has 0 aromatic rings. The van der Waals surface area contributed by atoms with Gasteiger partial charge in [-0.3, -0.25) is 0 Å². The molecule has 0 spiro atoms. The van der Waals surface area contributed by atoms with Crippen molar-refractivity contribution in [1.82, 2.24) is 9.62 Å². The van der Waals surface area contributed by atoms with Gasteiger partial charge in [0.2, 0.25) is 10.0 Å². The first-order valence-electron chi connectivity index (χ1n) is 8.49. The van der Waals surface area contributed by atoms with Crippen LogP contribution in [0.2, 0.25) is 0 Å². The molecule has 1 rings (SSSR count). The second-order valence-electron chi connectivity index (χ2n) is 7.26. The Balaban J connectivity index is 2.63. The molecule has 126 valence electrons. The lowest BCUT2D eigenvalue weighted by Gasteiger charge is -2.28. The Morgan fingerprint density at radius 3 is 2.10 bits per heavy atom. The Morgan fingerprint density at radius 1 is 1.10 bits per heavy atom. The molecule has 1 unspecified atom stereocenters. The van der Waals surface area contributed by atoms with E-state index >= 15 is 0 Å². The number of sulfonamides is 1. The first kappa shape index (κ1) is 18.9. The molecular formula is C16H34N2O2S. The third-order valence-corrected chi connectivity index (χ3v) is 6.19. The highest BCUT2D eigenvalue weighted by Gasteiger charge is 2.27. The minimum Gasteiger partial charge on any atom is -0.316 e. The maximum Gasteiger partial charge on any atom is 0.214 e. The van der Waals surface area contributed by atoms with Crippen molar-refractivity contribution in [3.8, 4) is 0 Å². The summed E-state index contributed by atoms with van der Waals surface area (Å²) >= 11 is 0. The van der Waals surface area contributed by atoms with Crippen LogP contribution in [-0.4, -0.2) is 44.7 Å². The average molecular weight is 319 g/mol. The van der Waals surface area contributed by atoms with Gasteiger partial charge in [0.1, 0.15) is 0 Å². The molecule has 0 bridgehead atoms. The maximum absolute atomic E-state index is 12.7. The van der Waals surface area contributed by atoms with Crippen molar-refractivity contribution in [2.24, 2.45) is 17.8 Å². The molecular weight excluding hydrogens is 284 g/mol. The van der Waals surface area contributed by atoms with Crippen LogP contribution in [0, 0.1) is 17.8 Å². The normalized spacial score (nSPS) is 20.6. The van der Waals surface area contributed by atoms with Crippen molar-refractivity contribution in [1.29, 1.82) is 0 Å². The summed E-state index contributed by atoms with van der Waals surface area (Å²) in [6, 6.07) is 0. The van der Waals surface area contributed by atoms with E-state index in [-0.39, 0.29) is 5.92 Å². The van der Waals surface area contributed by atoms with Crippen molar-refractivity contribution in [2.75, 3.05) is 31.9 Å². The zero-order chi connectivity index (χ0) is 15.9. The van der Waals surface area contributed by atoms with Crippen molar-refractivity contribution < 1.29 is 8.42 Å². The third-order valence-electron chi connectivity index (χ3n) is 4.15. The van der Waals surface area contributed by atoms with Crippen LogP contribution < -0.4 is 5.32 Å². The molecule has 0 aromatic heterocycles. The lowest BCUT2D eigenvalue weighted by Crippen LogP contribution is -2.41. The first-order valence-corrected chi connectivity index (χ1v) is 10.1. The SMILES string of the molecule is CC(C)CCN(CCC(C)C)S(=O)(=O)CC1CCCNC1. The number of piperidine rings is 1. The number of hydrogen-bond acceptors (Lipinski definition) is 3. The van der Waals surface area contributed by atoms with Crippen molar-refractivity contribution in [3.63, 3.8) is 0 Å². The molecule has 0 radical (unpaired) electrons. The molecule has 1 N–H and O–H groups in total.